The lowest BCUT2D eigenvalue weighted by molar-refractivity contribution is -0.117. The molecule has 1 amide bonds. The Morgan fingerprint density at radius 3 is 2.68 bits per heavy atom. The van der Waals surface area contributed by atoms with Crippen molar-refractivity contribution in [3.8, 4) is 11.3 Å². The first-order valence-corrected chi connectivity index (χ1v) is 9.85. The minimum Gasteiger partial charge on any atom is -0.301 e. The van der Waals surface area contributed by atoms with Crippen LogP contribution >= 0.6 is 22.7 Å². The largest absolute Gasteiger partial charge is 0.301 e. The Kier molecular flexibility index (Phi) is 5.63. The predicted octanol–water partition coefficient (Wildman–Crippen LogP) is 4.81. The summed E-state index contributed by atoms with van der Waals surface area (Å²) in [7, 11) is 1.96. The van der Waals surface area contributed by atoms with Gasteiger partial charge in [-0.25, -0.2) is 4.98 Å². The molecule has 3 aromatic rings. The third kappa shape index (κ3) is 4.54. The summed E-state index contributed by atoms with van der Waals surface area (Å²) in [5.74, 6) is -0.0456. The first-order chi connectivity index (χ1) is 12.0. The summed E-state index contributed by atoms with van der Waals surface area (Å²) in [6.07, 6.45) is 0. The van der Waals surface area contributed by atoms with Gasteiger partial charge in [0.1, 0.15) is 0 Å². The van der Waals surface area contributed by atoms with Crippen LogP contribution in [-0.4, -0.2) is 29.4 Å². The van der Waals surface area contributed by atoms with Crippen LogP contribution in [0.1, 0.15) is 23.4 Å². The van der Waals surface area contributed by atoms with E-state index in [1.807, 2.05) is 35.5 Å². The van der Waals surface area contributed by atoms with E-state index in [-0.39, 0.29) is 11.9 Å². The number of carbonyl (C=O) groups is 1. The van der Waals surface area contributed by atoms with E-state index >= 15 is 0 Å². The zero-order valence-electron chi connectivity index (χ0n) is 14.5. The number of likely N-dealkylation sites (N-methyl/N-ethyl adjacent to an activating group) is 1. The number of carbonyl (C=O) groups excluding carboxylic acids is 1. The highest BCUT2D eigenvalue weighted by molar-refractivity contribution is 7.14. The number of aryl methyl sites for hydroxylation is 1. The van der Waals surface area contributed by atoms with Gasteiger partial charge in [0.2, 0.25) is 5.91 Å². The molecule has 4 nitrogen and oxygen atoms in total. The van der Waals surface area contributed by atoms with Gasteiger partial charge in [0, 0.05) is 21.9 Å². The number of benzene rings is 1. The molecule has 1 atom stereocenters. The van der Waals surface area contributed by atoms with E-state index < -0.39 is 0 Å². The molecular formula is C19H21N3OS2. The summed E-state index contributed by atoms with van der Waals surface area (Å²) in [6, 6.07) is 12.6. The summed E-state index contributed by atoms with van der Waals surface area (Å²) in [6.45, 7) is 4.50. The maximum absolute atomic E-state index is 12.3. The molecule has 0 aliphatic rings. The highest BCUT2D eigenvalue weighted by Gasteiger charge is 2.16. The number of nitrogens with zero attached hydrogens (tertiary/aromatic N) is 2. The molecule has 6 heteroatoms. The summed E-state index contributed by atoms with van der Waals surface area (Å²) >= 11 is 3.16. The normalized spacial score (nSPS) is 12.3. The van der Waals surface area contributed by atoms with Crippen molar-refractivity contribution >= 4 is 33.7 Å². The molecule has 1 unspecified atom stereocenters. The number of hydrogen-bond donors (Lipinski definition) is 1. The SMILES string of the molecule is Cc1ccc(-c2csc(NC(=O)CN(C)C(C)c3cccs3)n2)cc1. The van der Waals surface area contributed by atoms with Crippen molar-refractivity contribution in [3.05, 3.63) is 57.6 Å². The molecule has 0 radical (unpaired) electrons. The van der Waals surface area contributed by atoms with Gasteiger partial charge in [0.15, 0.2) is 5.13 Å². The Hall–Kier alpha value is -2.02. The van der Waals surface area contributed by atoms with Gasteiger partial charge in [-0.05, 0) is 32.3 Å². The van der Waals surface area contributed by atoms with Gasteiger partial charge in [-0.2, -0.15) is 0 Å². The van der Waals surface area contributed by atoms with Gasteiger partial charge in [-0.3, -0.25) is 9.69 Å². The van der Waals surface area contributed by atoms with E-state index in [2.05, 4.69) is 47.7 Å². The first-order valence-electron chi connectivity index (χ1n) is 8.09. The fourth-order valence-corrected chi connectivity index (χ4v) is 4.04. The Bertz CT molecular complexity index is 825. The predicted molar refractivity (Wildman–Crippen MR) is 106 cm³/mol. The topological polar surface area (TPSA) is 45.2 Å². The van der Waals surface area contributed by atoms with Crippen molar-refractivity contribution < 1.29 is 4.79 Å². The maximum Gasteiger partial charge on any atom is 0.240 e. The molecule has 0 saturated heterocycles. The molecular weight excluding hydrogens is 350 g/mol. The summed E-state index contributed by atoms with van der Waals surface area (Å²) < 4.78 is 0. The molecule has 0 bridgehead atoms. The zero-order valence-corrected chi connectivity index (χ0v) is 16.2. The van der Waals surface area contributed by atoms with Crippen LogP contribution in [0.3, 0.4) is 0 Å². The van der Waals surface area contributed by atoms with Gasteiger partial charge >= 0.3 is 0 Å². The highest BCUT2D eigenvalue weighted by Crippen LogP contribution is 2.26. The molecule has 2 aromatic heterocycles. The van der Waals surface area contributed by atoms with Crippen molar-refractivity contribution in [1.82, 2.24) is 9.88 Å². The Labute approximate surface area is 156 Å². The zero-order chi connectivity index (χ0) is 17.8. The number of amides is 1. The minimum atomic E-state index is -0.0456. The maximum atomic E-state index is 12.3. The quantitative estimate of drug-likeness (QED) is 0.676. The van der Waals surface area contributed by atoms with Crippen LogP contribution in [0.4, 0.5) is 5.13 Å². The van der Waals surface area contributed by atoms with Gasteiger partial charge in [0.05, 0.1) is 12.2 Å². The van der Waals surface area contributed by atoms with Crippen LogP contribution in [0, 0.1) is 6.92 Å². The van der Waals surface area contributed by atoms with Crippen LogP contribution in [0.25, 0.3) is 11.3 Å². The summed E-state index contributed by atoms with van der Waals surface area (Å²) in [4.78, 5) is 20.1. The number of nitrogens with one attached hydrogen (secondary N) is 1. The monoisotopic (exact) mass is 371 g/mol. The Morgan fingerprint density at radius 2 is 2.00 bits per heavy atom. The van der Waals surface area contributed by atoms with Gasteiger partial charge in [0.25, 0.3) is 0 Å². The lowest BCUT2D eigenvalue weighted by Gasteiger charge is -2.22. The number of hydrogen-bond acceptors (Lipinski definition) is 5. The first kappa shape index (κ1) is 17.8. The van der Waals surface area contributed by atoms with Gasteiger partial charge in [-0.1, -0.05) is 35.9 Å². The van der Waals surface area contributed by atoms with E-state index in [4.69, 9.17) is 0 Å². The lowest BCUT2D eigenvalue weighted by Crippen LogP contribution is -2.31. The van der Waals surface area contributed by atoms with Crippen LogP contribution in [0.5, 0.6) is 0 Å². The van der Waals surface area contributed by atoms with Crippen molar-refractivity contribution in [1.29, 1.82) is 0 Å². The Morgan fingerprint density at radius 1 is 1.24 bits per heavy atom. The van der Waals surface area contributed by atoms with Crippen LogP contribution in [0.2, 0.25) is 0 Å². The van der Waals surface area contributed by atoms with Crippen LogP contribution in [-0.2, 0) is 4.79 Å². The number of anilines is 1. The van der Waals surface area contributed by atoms with Crippen LogP contribution in [0.15, 0.2) is 47.2 Å². The smallest absolute Gasteiger partial charge is 0.240 e. The van der Waals surface area contributed by atoms with E-state index in [0.717, 1.165) is 11.3 Å². The molecule has 0 spiro atoms. The molecule has 0 saturated carbocycles. The highest BCUT2D eigenvalue weighted by atomic mass is 32.1. The van der Waals surface area contributed by atoms with Gasteiger partial charge in [-0.15, -0.1) is 22.7 Å². The molecule has 0 fully saturated rings. The third-order valence-corrected chi connectivity index (χ3v) is 5.91. The molecule has 3 rings (SSSR count). The molecule has 0 aliphatic heterocycles. The molecule has 2 heterocycles. The van der Waals surface area contributed by atoms with Crippen molar-refractivity contribution in [3.63, 3.8) is 0 Å². The second-order valence-electron chi connectivity index (χ2n) is 6.06. The lowest BCUT2D eigenvalue weighted by atomic mass is 10.1. The number of thiophene rings is 1. The number of thiazole rings is 1. The van der Waals surface area contributed by atoms with Crippen LogP contribution < -0.4 is 5.32 Å². The molecule has 1 N–H and O–H groups in total. The summed E-state index contributed by atoms with van der Waals surface area (Å²) in [5, 5.41) is 7.57. The molecule has 0 aliphatic carbocycles. The van der Waals surface area contributed by atoms with Gasteiger partial charge < -0.3 is 5.32 Å². The molecule has 25 heavy (non-hydrogen) atoms. The Balaban J connectivity index is 1.59. The van der Waals surface area contributed by atoms with Crippen molar-refractivity contribution in [2.45, 2.75) is 19.9 Å². The minimum absolute atomic E-state index is 0.0456. The fraction of sp³-hybridized carbons (Fsp3) is 0.263. The second-order valence-corrected chi connectivity index (χ2v) is 7.90. The standard InChI is InChI=1S/C19H21N3OS2/c1-13-6-8-15(9-7-13)16-12-25-19(20-16)21-18(23)11-22(3)14(2)17-5-4-10-24-17/h4-10,12,14H,11H2,1-3H3,(H,20,21,23). The van der Waals surface area contributed by atoms with E-state index in [1.165, 1.54) is 21.8 Å². The summed E-state index contributed by atoms with van der Waals surface area (Å²) in [5.41, 5.74) is 3.17. The van der Waals surface area contributed by atoms with E-state index in [0.29, 0.717) is 11.7 Å². The molecule has 130 valence electrons. The molecule has 1 aromatic carbocycles. The number of rotatable bonds is 6. The average molecular weight is 372 g/mol. The second kappa shape index (κ2) is 7.91. The fourth-order valence-electron chi connectivity index (χ4n) is 2.46. The van der Waals surface area contributed by atoms with E-state index in [9.17, 15) is 4.79 Å². The third-order valence-electron chi connectivity index (χ3n) is 4.11. The van der Waals surface area contributed by atoms with Crippen molar-refractivity contribution in [2.75, 3.05) is 18.9 Å². The average Bonchev–Trinajstić information content (AvgIpc) is 3.26. The number of aromatic nitrogens is 1. The van der Waals surface area contributed by atoms with E-state index in [1.54, 1.807) is 11.3 Å². The van der Waals surface area contributed by atoms with Crippen molar-refractivity contribution in [2.24, 2.45) is 0 Å².